The number of nitrogens with one attached hydrogen (secondary N) is 1. The van der Waals surface area contributed by atoms with E-state index in [1.165, 1.54) is 16.8 Å². The Hall–Kier alpha value is -1.09. The Morgan fingerprint density at radius 1 is 1.44 bits per heavy atom. The first-order valence-electron chi connectivity index (χ1n) is 6.13. The van der Waals surface area contributed by atoms with E-state index < -0.39 is 0 Å². The third kappa shape index (κ3) is 3.49. The molecule has 16 heavy (non-hydrogen) atoms. The molecule has 0 aliphatic heterocycles. The van der Waals surface area contributed by atoms with Crippen molar-refractivity contribution in [2.24, 2.45) is 7.05 Å². The Balaban J connectivity index is 2.84. The molecule has 1 N–H and O–H groups in total. The molecule has 0 aliphatic rings. The van der Waals surface area contributed by atoms with Crippen LogP contribution in [-0.4, -0.2) is 22.9 Å². The van der Waals surface area contributed by atoms with Crippen molar-refractivity contribution >= 4 is 6.08 Å². The van der Waals surface area contributed by atoms with E-state index in [1.54, 1.807) is 0 Å². The van der Waals surface area contributed by atoms with Crippen molar-refractivity contribution in [3.8, 4) is 0 Å². The first-order valence-corrected chi connectivity index (χ1v) is 6.13. The minimum Gasteiger partial charge on any atom is -0.313 e. The van der Waals surface area contributed by atoms with Gasteiger partial charge in [-0.15, -0.1) is 0 Å². The zero-order valence-corrected chi connectivity index (χ0v) is 10.9. The summed E-state index contributed by atoms with van der Waals surface area (Å²) in [7, 11) is 1.98. The molecule has 0 spiro atoms. The summed E-state index contributed by atoms with van der Waals surface area (Å²) in [4.78, 5) is 0. The standard InChI is InChI=1S/C13H23N3/c1-5-11(9-14-7-3)8-12-10-16(4)15-13(12)6-2/h8,10,14H,5-7,9H2,1-4H3. The van der Waals surface area contributed by atoms with Gasteiger partial charge in [0.25, 0.3) is 0 Å². The van der Waals surface area contributed by atoms with Gasteiger partial charge in [-0.25, -0.2) is 0 Å². The number of aryl methyl sites for hydroxylation is 2. The Morgan fingerprint density at radius 3 is 2.75 bits per heavy atom. The molecule has 0 aliphatic carbocycles. The number of hydrogen-bond acceptors (Lipinski definition) is 2. The molecule has 0 radical (unpaired) electrons. The van der Waals surface area contributed by atoms with Crippen LogP contribution in [0.5, 0.6) is 0 Å². The van der Waals surface area contributed by atoms with Crippen molar-refractivity contribution < 1.29 is 0 Å². The predicted molar refractivity (Wildman–Crippen MR) is 69.4 cm³/mol. The molecular formula is C13H23N3. The highest BCUT2D eigenvalue weighted by Crippen LogP contribution is 2.13. The summed E-state index contributed by atoms with van der Waals surface area (Å²) in [6, 6.07) is 0. The summed E-state index contributed by atoms with van der Waals surface area (Å²) in [5.74, 6) is 0. The van der Waals surface area contributed by atoms with Crippen LogP contribution in [0.3, 0.4) is 0 Å². The topological polar surface area (TPSA) is 29.9 Å². The van der Waals surface area contributed by atoms with Crippen LogP contribution in [0.15, 0.2) is 11.8 Å². The van der Waals surface area contributed by atoms with Gasteiger partial charge in [0.1, 0.15) is 0 Å². The molecule has 0 unspecified atom stereocenters. The lowest BCUT2D eigenvalue weighted by Crippen LogP contribution is -2.15. The maximum absolute atomic E-state index is 4.45. The van der Waals surface area contributed by atoms with E-state index in [2.05, 4.69) is 43.5 Å². The molecule has 0 atom stereocenters. The van der Waals surface area contributed by atoms with E-state index in [1.807, 2.05) is 11.7 Å². The van der Waals surface area contributed by atoms with E-state index in [-0.39, 0.29) is 0 Å². The number of aromatic nitrogens is 2. The third-order valence-corrected chi connectivity index (χ3v) is 2.69. The van der Waals surface area contributed by atoms with Crippen molar-refractivity contribution in [2.45, 2.75) is 33.6 Å². The molecule has 0 saturated heterocycles. The highest BCUT2D eigenvalue weighted by atomic mass is 15.2. The first-order chi connectivity index (χ1) is 7.71. The second-order valence-corrected chi connectivity index (χ2v) is 3.99. The molecule has 1 rings (SSSR count). The van der Waals surface area contributed by atoms with Crippen molar-refractivity contribution in [2.75, 3.05) is 13.1 Å². The molecule has 0 aromatic carbocycles. The SMILES string of the molecule is CCNCC(=Cc1cn(C)nc1CC)CC. The molecule has 0 amide bonds. The summed E-state index contributed by atoms with van der Waals surface area (Å²) in [5.41, 5.74) is 3.88. The summed E-state index contributed by atoms with van der Waals surface area (Å²) in [6.45, 7) is 8.48. The zero-order valence-electron chi connectivity index (χ0n) is 10.9. The van der Waals surface area contributed by atoms with Crippen LogP contribution in [0.4, 0.5) is 0 Å². The van der Waals surface area contributed by atoms with Crippen molar-refractivity contribution in [1.29, 1.82) is 0 Å². The van der Waals surface area contributed by atoms with Gasteiger partial charge in [-0.2, -0.15) is 5.10 Å². The van der Waals surface area contributed by atoms with E-state index in [0.717, 1.165) is 25.9 Å². The van der Waals surface area contributed by atoms with Gasteiger partial charge in [-0.3, -0.25) is 4.68 Å². The van der Waals surface area contributed by atoms with Crippen LogP contribution < -0.4 is 5.32 Å². The molecule has 0 bridgehead atoms. The van der Waals surface area contributed by atoms with E-state index >= 15 is 0 Å². The number of rotatable bonds is 6. The van der Waals surface area contributed by atoms with Crippen LogP contribution >= 0.6 is 0 Å². The lowest BCUT2D eigenvalue weighted by Gasteiger charge is -2.05. The summed E-state index contributed by atoms with van der Waals surface area (Å²) < 4.78 is 1.89. The first kappa shape index (κ1) is 13.0. The fourth-order valence-electron chi connectivity index (χ4n) is 1.73. The fourth-order valence-corrected chi connectivity index (χ4v) is 1.73. The van der Waals surface area contributed by atoms with E-state index in [9.17, 15) is 0 Å². The van der Waals surface area contributed by atoms with Gasteiger partial charge in [-0.05, 0) is 19.4 Å². The normalized spacial score (nSPS) is 12.1. The highest BCUT2D eigenvalue weighted by molar-refractivity contribution is 5.54. The molecule has 1 aromatic heterocycles. The van der Waals surface area contributed by atoms with Crippen LogP contribution in [-0.2, 0) is 13.5 Å². The molecule has 90 valence electrons. The maximum Gasteiger partial charge on any atom is 0.0694 e. The lowest BCUT2D eigenvalue weighted by atomic mass is 10.1. The van der Waals surface area contributed by atoms with Gasteiger partial charge in [-0.1, -0.05) is 32.4 Å². The summed E-state index contributed by atoms with van der Waals surface area (Å²) >= 11 is 0. The molecule has 3 heteroatoms. The molecular weight excluding hydrogens is 198 g/mol. The third-order valence-electron chi connectivity index (χ3n) is 2.69. The molecule has 0 fully saturated rings. The average Bonchev–Trinajstić information content (AvgIpc) is 2.64. The zero-order chi connectivity index (χ0) is 12.0. The van der Waals surface area contributed by atoms with Gasteiger partial charge in [0.15, 0.2) is 0 Å². The number of likely N-dealkylation sites (N-methyl/N-ethyl adjacent to an activating group) is 1. The van der Waals surface area contributed by atoms with Gasteiger partial charge in [0.05, 0.1) is 5.69 Å². The minimum atomic E-state index is 0.977. The quantitative estimate of drug-likeness (QED) is 0.799. The van der Waals surface area contributed by atoms with Gasteiger partial charge in [0.2, 0.25) is 0 Å². The van der Waals surface area contributed by atoms with Gasteiger partial charge < -0.3 is 5.32 Å². The van der Waals surface area contributed by atoms with Crippen LogP contribution in [0, 0.1) is 0 Å². The smallest absolute Gasteiger partial charge is 0.0694 e. The second-order valence-electron chi connectivity index (χ2n) is 3.99. The van der Waals surface area contributed by atoms with Crippen molar-refractivity contribution in [1.82, 2.24) is 15.1 Å². The largest absolute Gasteiger partial charge is 0.313 e. The number of nitrogens with zero attached hydrogens (tertiary/aromatic N) is 2. The van der Waals surface area contributed by atoms with Crippen LogP contribution in [0.2, 0.25) is 0 Å². The average molecular weight is 221 g/mol. The summed E-state index contributed by atoms with van der Waals surface area (Å²) in [6.07, 6.45) is 6.45. The van der Waals surface area contributed by atoms with Crippen LogP contribution in [0.25, 0.3) is 6.08 Å². The van der Waals surface area contributed by atoms with Crippen molar-refractivity contribution in [3.63, 3.8) is 0 Å². The van der Waals surface area contributed by atoms with Crippen molar-refractivity contribution in [3.05, 3.63) is 23.0 Å². The molecule has 1 aromatic rings. The number of hydrogen-bond donors (Lipinski definition) is 1. The Morgan fingerprint density at radius 2 is 2.19 bits per heavy atom. The highest BCUT2D eigenvalue weighted by Gasteiger charge is 2.04. The Bertz CT molecular complexity index is 350. The van der Waals surface area contributed by atoms with Crippen LogP contribution in [0.1, 0.15) is 38.4 Å². The Kier molecular flexibility index (Phi) is 5.26. The second kappa shape index (κ2) is 6.48. The Labute approximate surface area is 98.5 Å². The molecule has 3 nitrogen and oxygen atoms in total. The molecule has 0 saturated carbocycles. The fraction of sp³-hybridized carbons (Fsp3) is 0.615. The maximum atomic E-state index is 4.45. The minimum absolute atomic E-state index is 0.977. The van der Waals surface area contributed by atoms with E-state index in [0.29, 0.717) is 0 Å². The summed E-state index contributed by atoms with van der Waals surface area (Å²) in [5, 5.41) is 7.82. The predicted octanol–water partition coefficient (Wildman–Crippen LogP) is 2.39. The van der Waals surface area contributed by atoms with Gasteiger partial charge in [0, 0.05) is 25.4 Å². The monoisotopic (exact) mass is 221 g/mol. The van der Waals surface area contributed by atoms with Gasteiger partial charge >= 0.3 is 0 Å². The molecule has 1 heterocycles. The van der Waals surface area contributed by atoms with E-state index in [4.69, 9.17) is 0 Å². The lowest BCUT2D eigenvalue weighted by molar-refractivity contribution is 0.746.